The lowest BCUT2D eigenvalue weighted by atomic mass is 10.0. The van der Waals surface area contributed by atoms with Crippen LogP contribution in [0.25, 0.3) is 22.0 Å². The number of phenolic OH excluding ortho intramolecular Hbond substituents is 1. The monoisotopic (exact) mass is 606 g/mol. The number of amides is 1. The SMILES string of the molecule is C=CS(=O)(=O)NC1CCCN(c2nc(N3CCN(C(C)=O)CC3)c3cc(Cl)c(-c4c(O)cccc4F)c(F)c3n2)C1. The van der Waals surface area contributed by atoms with Gasteiger partial charge in [-0.1, -0.05) is 24.2 Å². The Morgan fingerprint density at radius 2 is 1.88 bits per heavy atom. The summed E-state index contributed by atoms with van der Waals surface area (Å²) in [4.78, 5) is 26.6. The van der Waals surface area contributed by atoms with Crippen LogP contribution in [-0.4, -0.2) is 79.6 Å². The van der Waals surface area contributed by atoms with Crippen molar-refractivity contribution in [2.75, 3.05) is 49.1 Å². The molecule has 2 saturated heterocycles. The number of phenols is 1. The second kappa shape index (κ2) is 11.4. The molecule has 3 aromatic rings. The third kappa shape index (κ3) is 5.79. The van der Waals surface area contributed by atoms with Crippen molar-refractivity contribution in [2.24, 2.45) is 0 Å². The first kappa shape index (κ1) is 29.0. The molecule has 1 aromatic heterocycles. The zero-order valence-corrected chi connectivity index (χ0v) is 23.9. The normalized spacial score (nSPS) is 18.1. The van der Waals surface area contributed by atoms with Gasteiger partial charge in [-0.05, 0) is 31.0 Å². The van der Waals surface area contributed by atoms with Crippen molar-refractivity contribution >= 4 is 50.2 Å². The fourth-order valence-corrected chi connectivity index (χ4v) is 6.35. The standard InChI is InChI=1S/C27H29ClF2N6O4S/c1-3-41(39,40)33-17-6-5-9-36(15-17)27-31-25-18(26(32-27)35-12-10-34(11-13-35)16(2)37)14-19(28)22(24(25)30)23-20(29)7-4-8-21(23)38/h3-4,7-8,14,17,33,38H,1,5-6,9-13,15H2,2H3. The number of anilines is 2. The van der Waals surface area contributed by atoms with Gasteiger partial charge in [-0.25, -0.2) is 26.9 Å². The van der Waals surface area contributed by atoms with E-state index in [0.29, 0.717) is 51.4 Å². The second-order valence-electron chi connectivity index (χ2n) is 10.0. The van der Waals surface area contributed by atoms with Gasteiger partial charge in [-0.15, -0.1) is 0 Å². The molecule has 0 radical (unpaired) electrons. The van der Waals surface area contributed by atoms with Gasteiger partial charge in [0.25, 0.3) is 0 Å². The number of hydrogen-bond acceptors (Lipinski definition) is 8. The van der Waals surface area contributed by atoms with E-state index in [9.17, 15) is 22.7 Å². The number of aromatic nitrogens is 2. The molecule has 41 heavy (non-hydrogen) atoms. The van der Waals surface area contributed by atoms with Crippen LogP contribution in [0.3, 0.4) is 0 Å². The number of carbonyl (C=O) groups is 1. The van der Waals surface area contributed by atoms with Gasteiger partial charge in [0.2, 0.25) is 21.9 Å². The first-order chi connectivity index (χ1) is 19.5. The van der Waals surface area contributed by atoms with Crippen LogP contribution in [0, 0.1) is 11.6 Å². The van der Waals surface area contributed by atoms with E-state index in [1.54, 1.807) is 9.80 Å². The summed E-state index contributed by atoms with van der Waals surface area (Å²) >= 11 is 6.52. The fraction of sp³-hybridized carbons (Fsp3) is 0.370. The minimum absolute atomic E-state index is 0.0531. The van der Waals surface area contributed by atoms with Crippen molar-refractivity contribution in [1.29, 1.82) is 0 Å². The van der Waals surface area contributed by atoms with Gasteiger partial charge in [0.15, 0.2) is 5.82 Å². The third-order valence-corrected chi connectivity index (χ3v) is 8.77. The van der Waals surface area contributed by atoms with Crippen molar-refractivity contribution in [3.63, 3.8) is 0 Å². The maximum atomic E-state index is 16.3. The van der Waals surface area contributed by atoms with E-state index in [1.807, 2.05) is 4.90 Å². The van der Waals surface area contributed by atoms with E-state index in [-0.39, 0.29) is 45.5 Å². The van der Waals surface area contributed by atoms with Crippen molar-refractivity contribution < 1.29 is 27.1 Å². The molecular weight excluding hydrogens is 578 g/mol. The highest BCUT2D eigenvalue weighted by Crippen LogP contribution is 2.43. The summed E-state index contributed by atoms with van der Waals surface area (Å²) in [5.74, 6) is -1.77. The van der Waals surface area contributed by atoms with Crippen LogP contribution in [0.5, 0.6) is 5.75 Å². The summed E-state index contributed by atoms with van der Waals surface area (Å²) in [6.45, 7) is 7.26. The van der Waals surface area contributed by atoms with Crippen LogP contribution >= 0.6 is 11.6 Å². The Hall–Kier alpha value is -3.55. The second-order valence-corrected chi connectivity index (χ2v) is 12.1. The third-order valence-electron chi connectivity index (χ3n) is 7.37. The van der Waals surface area contributed by atoms with Crippen molar-refractivity contribution in [3.05, 3.63) is 52.9 Å². The minimum atomic E-state index is -3.68. The maximum Gasteiger partial charge on any atom is 0.233 e. The van der Waals surface area contributed by atoms with E-state index in [0.717, 1.165) is 11.5 Å². The maximum absolute atomic E-state index is 16.3. The molecule has 1 amide bonds. The van der Waals surface area contributed by atoms with E-state index >= 15 is 4.39 Å². The van der Waals surface area contributed by atoms with Crippen molar-refractivity contribution in [3.8, 4) is 16.9 Å². The molecule has 0 aliphatic carbocycles. The van der Waals surface area contributed by atoms with E-state index in [2.05, 4.69) is 16.3 Å². The van der Waals surface area contributed by atoms with Crippen LogP contribution in [0.15, 0.2) is 36.3 Å². The first-order valence-corrected chi connectivity index (χ1v) is 15.0. The quantitative estimate of drug-likeness (QED) is 0.437. The van der Waals surface area contributed by atoms with Crippen LogP contribution in [0.4, 0.5) is 20.5 Å². The lowest BCUT2D eigenvalue weighted by Crippen LogP contribution is -2.49. The number of fused-ring (bicyclic) bond motifs is 1. The number of rotatable bonds is 6. The summed E-state index contributed by atoms with van der Waals surface area (Å²) < 4.78 is 57.9. The molecule has 218 valence electrons. The summed E-state index contributed by atoms with van der Waals surface area (Å²) in [7, 11) is -3.68. The molecule has 2 N–H and O–H groups in total. The largest absolute Gasteiger partial charge is 0.507 e. The van der Waals surface area contributed by atoms with Crippen LogP contribution in [-0.2, 0) is 14.8 Å². The minimum Gasteiger partial charge on any atom is -0.507 e. The topological polar surface area (TPSA) is 119 Å². The smallest absolute Gasteiger partial charge is 0.233 e. The number of sulfonamides is 1. The predicted octanol–water partition coefficient (Wildman–Crippen LogP) is 3.63. The highest BCUT2D eigenvalue weighted by Gasteiger charge is 2.30. The molecule has 1 atom stereocenters. The molecule has 1 unspecified atom stereocenters. The number of carbonyl (C=O) groups excluding carboxylic acids is 1. The van der Waals surface area contributed by atoms with Crippen molar-refractivity contribution in [1.82, 2.24) is 19.6 Å². The Morgan fingerprint density at radius 1 is 1.15 bits per heavy atom. The molecular formula is C27H29ClF2N6O4S. The molecule has 2 aliphatic heterocycles. The van der Waals surface area contributed by atoms with Crippen LogP contribution in [0.1, 0.15) is 19.8 Å². The summed E-state index contributed by atoms with van der Waals surface area (Å²) in [6.07, 6.45) is 1.20. The molecule has 3 heterocycles. The van der Waals surface area contributed by atoms with Gasteiger partial charge in [-0.2, -0.15) is 4.98 Å². The lowest BCUT2D eigenvalue weighted by Gasteiger charge is -2.37. The summed E-state index contributed by atoms with van der Waals surface area (Å²) in [6, 6.07) is 4.64. The predicted molar refractivity (Wildman–Crippen MR) is 154 cm³/mol. The van der Waals surface area contributed by atoms with Gasteiger partial charge in [0.05, 0.1) is 10.6 Å². The number of piperidine rings is 1. The average molecular weight is 607 g/mol. The molecule has 0 bridgehead atoms. The van der Waals surface area contributed by atoms with Gasteiger partial charge < -0.3 is 19.8 Å². The van der Waals surface area contributed by atoms with Crippen LogP contribution in [0.2, 0.25) is 5.02 Å². The fourth-order valence-electron chi connectivity index (χ4n) is 5.31. The van der Waals surface area contributed by atoms with Crippen LogP contribution < -0.4 is 14.5 Å². The molecule has 2 fully saturated rings. The van der Waals surface area contributed by atoms with Gasteiger partial charge in [0.1, 0.15) is 22.9 Å². The van der Waals surface area contributed by atoms with E-state index < -0.39 is 33.4 Å². The molecule has 10 nitrogen and oxygen atoms in total. The Balaban J connectivity index is 1.64. The molecule has 2 aromatic carbocycles. The molecule has 5 rings (SSSR count). The Bertz CT molecular complexity index is 1610. The molecule has 0 saturated carbocycles. The zero-order chi connectivity index (χ0) is 29.5. The van der Waals surface area contributed by atoms with Gasteiger partial charge in [0, 0.05) is 68.6 Å². The summed E-state index contributed by atoms with van der Waals surface area (Å²) in [5.41, 5.74) is -0.845. The zero-order valence-electron chi connectivity index (χ0n) is 22.3. The number of aromatic hydroxyl groups is 1. The van der Waals surface area contributed by atoms with Gasteiger partial charge in [-0.3, -0.25) is 4.79 Å². The first-order valence-electron chi connectivity index (χ1n) is 13.1. The summed E-state index contributed by atoms with van der Waals surface area (Å²) in [5, 5.41) is 11.4. The van der Waals surface area contributed by atoms with E-state index in [4.69, 9.17) is 16.6 Å². The highest BCUT2D eigenvalue weighted by atomic mass is 35.5. The Morgan fingerprint density at radius 3 is 2.54 bits per heavy atom. The number of nitrogens with one attached hydrogen (secondary N) is 1. The molecule has 0 spiro atoms. The molecule has 14 heteroatoms. The van der Waals surface area contributed by atoms with Crippen molar-refractivity contribution in [2.45, 2.75) is 25.8 Å². The molecule has 2 aliphatic rings. The van der Waals surface area contributed by atoms with Gasteiger partial charge >= 0.3 is 0 Å². The Kier molecular flexibility index (Phi) is 8.04. The Labute approximate surface area is 241 Å². The number of piperazine rings is 1. The number of nitrogens with zero attached hydrogens (tertiary/aromatic N) is 5. The number of hydrogen-bond donors (Lipinski definition) is 2. The highest BCUT2D eigenvalue weighted by molar-refractivity contribution is 7.92. The number of halogens is 3. The lowest BCUT2D eigenvalue weighted by molar-refractivity contribution is -0.129. The van der Waals surface area contributed by atoms with E-state index in [1.165, 1.54) is 25.1 Å². The average Bonchev–Trinajstić information content (AvgIpc) is 2.94. The number of benzene rings is 2.